The van der Waals surface area contributed by atoms with Crippen molar-refractivity contribution in [1.29, 1.82) is 0 Å². The zero-order chi connectivity index (χ0) is 16.9. The van der Waals surface area contributed by atoms with E-state index in [4.69, 9.17) is 4.74 Å². The fraction of sp³-hybridized carbons (Fsp3) is 0.350. The topological polar surface area (TPSA) is 38.3 Å². The Labute approximate surface area is 141 Å². The lowest BCUT2D eigenvalue weighted by Crippen LogP contribution is -2.38. The van der Waals surface area contributed by atoms with Crippen LogP contribution in [-0.4, -0.2) is 25.2 Å². The van der Waals surface area contributed by atoms with E-state index in [1.165, 1.54) is 0 Å². The number of hydrogen-bond acceptors (Lipinski definition) is 2. The van der Waals surface area contributed by atoms with Gasteiger partial charge in [0.15, 0.2) is 0 Å². The molecule has 2 aromatic rings. The fourth-order valence-corrected chi connectivity index (χ4v) is 2.94. The third kappa shape index (κ3) is 3.82. The zero-order valence-corrected chi connectivity index (χ0v) is 13.8. The van der Waals surface area contributed by atoms with Crippen LogP contribution in [0.3, 0.4) is 0 Å². The Morgan fingerprint density at radius 3 is 2.42 bits per heavy atom. The summed E-state index contributed by atoms with van der Waals surface area (Å²) in [5.74, 6) is -0.253. The number of carbonyl (C=O) groups excluding carboxylic acids is 1. The first-order chi connectivity index (χ1) is 11.7. The van der Waals surface area contributed by atoms with Crippen LogP contribution in [-0.2, 0) is 11.2 Å². The van der Waals surface area contributed by atoms with Gasteiger partial charge < -0.3 is 10.1 Å². The monoisotopic (exact) mass is 327 g/mol. The summed E-state index contributed by atoms with van der Waals surface area (Å²) in [6.45, 7) is 3.33. The minimum atomic E-state index is -0.184. The molecule has 1 heterocycles. The molecule has 0 spiro atoms. The minimum absolute atomic E-state index is 0.0686. The molecule has 0 atom stereocenters. The van der Waals surface area contributed by atoms with Gasteiger partial charge in [-0.2, -0.15) is 0 Å². The smallest absolute Gasteiger partial charge is 0.251 e. The van der Waals surface area contributed by atoms with Crippen LogP contribution in [0.2, 0.25) is 0 Å². The van der Waals surface area contributed by atoms with Gasteiger partial charge in [0, 0.05) is 24.8 Å². The zero-order valence-electron chi connectivity index (χ0n) is 13.8. The Kier molecular flexibility index (Phi) is 5.26. The number of benzene rings is 2. The third-order valence-corrected chi connectivity index (χ3v) is 4.47. The predicted molar refractivity (Wildman–Crippen MR) is 92.5 cm³/mol. The number of aryl methyl sites for hydroxylation is 1. The molecule has 0 aromatic heterocycles. The van der Waals surface area contributed by atoms with E-state index in [1.54, 1.807) is 18.2 Å². The number of rotatable bonds is 4. The standard InChI is InChI=1S/C20H22FNO2/c1-2-14-3-8-17(13-19(14)21)15-4-6-16(7-5-15)20(23)22-18-9-11-24-12-10-18/h3-8,13,18H,2,9-12H2,1H3,(H,22,23). The van der Waals surface area contributed by atoms with Gasteiger partial charge in [0.25, 0.3) is 5.91 Å². The predicted octanol–water partition coefficient (Wildman–Crippen LogP) is 3.96. The second-order valence-corrected chi connectivity index (χ2v) is 6.10. The molecular formula is C20H22FNO2. The number of halogens is 1. The molecule has 0 radical (unpaired) electrons. The van der Waals surface area contributed by atoms with Crippen LogP contribution in [0.15, 0.2) is 42.5 Å². The van der Waals surface area contributed by atoms with Crippen LogP contribution in [0, 0.1) is 5.82 Å². The molecule has 1 amide bonds. The SMILES string of the molecule is CCc1ccc(-c2ccc(C(=O)NC3CCOCC3)cc2)cc1F. The highest BCUT2D eigenvalue weighted by atomic mass is 19.1. The number of amides is 1. The van der Waals surface area contributed by atoms with E-state index >= 15 is 0 Å². The lowest BCUT2D eigenvalue weighted by molar-refractivity contribution is 0.0696. The molecule has 0 aliphatic carbocycles. The van der Waals surface area contributed by atoms with Crippen LogP contribution in [0.25, 0.3) is 11.1 Å². The minimum Gasteiger partial charge on any atom is -0.381 e. The molecule has 2 aromatic carbocycles. The normalized spacial score (nSPS) is 15.2. The van der Waals surface area contributed by atoms with Crippen molar-refractivity contribution in [3.05, 3.63) is 59.4 Å². The van der Waals surface area contributed by atoms with E-state index in [1.807, 2.05) is 31.2 Å². The lowest BCUT2D eigenvalue weighted by atomic mass is 10.0. The first-order valence-corrected chi connectivity index (χ1v) is 8.45. The quantitative estimate of drug-likeness (QED) is 0.923. The van der Waals surface area contributed by atoms with Gasteiger partial charge in [0.2, 0.25) is 0 Å². The van der Waals surface area contributed by atoms with Gasteiger partial charge in [-0.1, -0.05) is 31.2 Å². The lowest BCUT2D eigenvalue weighted by Gasteiger charge is -2.23. The average molecular weight is 327 g/mol. The Hall–Kier alpha value is -2.20. The van der Waals surface area contributed by atoms with Crippen molar-refractivity contribution in [1.82, 2.24) is 5.32 Å². The molecule has 0 saturated carbocycles. The Balaban J connectivity index is 1.70. The number of ether oxygens (including phenoxy) is 1. The average Bonchev–Trinajstić information content (AvgIpc) is 2.62. The maximum Gasteiger partial charge on any atom is 0.251 e. The van der Waals surface area contributed by atoms with E-state index in [0.717, 1.165) is 24.0 Å². The highest BCUT2D eigenvalue weighted by molar-refractivity contribution is 5.94. The second kappa shape index (κ2) is 7.58. The molecule has 4 heteroatoms. The third-order valence-electron chi connectivity index (χ3n) is 4.47. The molecule has 24 heavy (non-hydrogen) atoms. The number of nitrogens with one attached hydrogen (secondary N) is 1. The molecule has 1 saturated heterocycles. The molecule has 0 unspecified atom stereocenters. The first kappa shape index (κ1) is 16.7. The first-order valence-electron chi connectivity index (χ1n) is 8.45. The molecular weight excluding hydrogens is 305 g/mol. The summed E-state index contributed by atoms with van der Waals surface area (Å²) in [7, 11) is 0. The van der Waals surface area contributed by atoms with Gasteiger partial charge in [-0.25, -0.2) is 4.39 Å². The van der Waals surface area contributed by atoms with Crippen LogP contribution >= 0.6 is 0 Å². The largest absolute Gasteiger partial charge is 0.381 e. The van der Waals surface area contributed by atoms with Crippen LogP contribution < -0.4 is 5.32 Å². The number of carbonyl (C=O) groups is 1. The molecule has 126 valence electrons. The van der Waals surface area contributed by atoms with Gasteiger partial charge in [-0.3, -0.25) is 4.79 Å². The maximum atomic E-state index is 13.9. The molecule has 0 bridgehead atoms. The highest BCUT2D eigenvalue weighted by Gasteiger charge is 2.17. The molecule has 3 rings (SSSR count). The van der Waals surface area contributed by atoms with Crippen molar-refractivity contribution in [3.63, 3.8) is 0 Å². The van der Waals surface area contributed by atoms with E-state index in [9.17, 15) is 9.18 Å². The van der Waals surface area contributed by atoms with Gasteiger partial charge in [-0.05, 0) is 54.2 Å². The summed E-state index contributed by atoms with van der Waals surface area (Å²) in [5.41, 5.74) is 3.06. The van der Waals surface area contributed by atoms with E-state index in [0.29, 0.717) is 30.8 Å². The van der Waals surface area contributed by atoms with Crippen molar-refractivity contribution in [2.75, 3.05) is 13.2 Å². The summed E-state index contributed by atoms with van der Waals surface area (Å²) in [4.78, 5) is 12.3. The number of hydrogen-bond donors (Lipinski definition) is 1. The molecule has 1 aliphatic heterocycles. The Morgan fingerprint density at radius 1 is 1.12 bits per heavy atom. The summed E-state index contributed by atoms with van der Waals surface area (Å²) in [6.07, 6.45) is 2.39. The molecule has 1 N–H and O–H groups in total. The van der Waals surface area contributed by atoms with Crippen molar-refractivity contribution in [3.8, 4) is 11.1 Å². The van der Waals surface area contributed by atoms with Crippen molar-refractivity contribution < 1.29 is 13.9 Å². The molecule has 1 aliphatic rings. The van der Waals surface area contributed by atoms with Crippen LogP contribution in [0.1, 0.15) is 35.7 Å². The second-order valence-electron chi connectivity index (χ2n) is 6.10. The van der Waals surface area contributed by atoms with E-state index < -0.39 is 0 Å². The molecule has 3 nitrogen and oxygen atoms in total. The highest BCUT2D eigenvalue weighted by Crippen LogP contribution is 2.23. The summed E-state index contributed by atoms with van der Waals surface area (Å²) < 4.78 is 19.2. The van der Waals surface area contributed by atoms with Crippen molar-refractivity contribution in [2.24, 2.45) is 0 Å². The summed E-state index contributed by atoms with van der Waals surface area (Å²) in [5, 5.41) is 3.04. The van der Waals surface area contributed by atoms with Gasteiger partial charge in [-0.15, -0.1) is 0 Å². The summed E-state index contributed by atoms with van der Waals surface area (Å²) >= 11 is 0. The van der Waals surface area contributed by atoms with Crippen LogP contribution in [0.4, 0.5) is 4.39 Å². The maximum absolute atomic E-state index is 13.9. The van der Waals surface area contributed by atoms with Crippen LogP contribution in [0.5, 0.6) is 0 Å². The van der Waals surface area contributed by atoms with E-state index in [2.05, 4.69) is 5.32 Å². The Bertz CT molecular complexity index is 706. The Morgan fingerprint density at radius 2 is 1.79 bits per heavy atom. The van der Waals surface area contributed by atoms with Gasteiger partial charge in [0.1, 0.15) is 5.82 Å². The molecule has 1 fully saturated rings. The van der Waals surface area contributed by atoms with Crippen molar-refractivity contribution in [2.45, 2.75) is 32.2 Å². The van der Waals surface area contributed by atoms with Gasteiger partial charge >= 0.3 is 0 Å². The van der Waals surface area contributed by atoms with Crippen molar-refractivity contribution >= 4 is 5.91 Å². The summed E-state index contributed by atoms with van der Waals surface area (Å²) in [6, 6.07) is 12.8. The van der Waals surface area contributed by atoms with E-state index in [-0.39, 0.29) is 17.8 Å². The fourth-order valence-electron chi connectivity index (χ4n) is 2.94. The van der Waals surface area contributed by atoms with Gasteiger partial charge in [0.05, 0.1) is 0 Å².